The molecular formula is C65H51NS. The molecule has 0 aliphatic heterocycles. The van der Waals surface area contributed by atoms with Crippen molar-refractivity contribution < 1.29 is 0 Å². The summed E-state index contributed by atoms with van der Waals surface area (Å²) < 4.78 is 2.69. The van der Waals surface area contributed by atoms with Crippen molar-refractivity contribution >= 4 is 59.3 Å². The highest BCUT2D eigenvalue weighted by molar-refractivity contribution is 7.26. The Bertz CT molecular complexity index is 3690. The molecule has 6 aliphatic rings. The lowest BCUT2D eigenvalue weighted by Gasteiger charge is -2.61. The number of fused-ring (bicyclic) bond motifs is 11. The van der Waals surface area contributed by atoms with Gasteiger partial charge in [-0.3, -0.25) is 0 Å². The Kier molecular flexibility index (Phi) is 7.97. The molecule has 1 spiro atoms. The van der Waals surface area contributed by atoms with Crippen molar-refractivity contribution in [2.75, 3.05) is 4.90 Å². The van der Waals surface area contributed by atoms with Crippen LogP contribution in [0, 0.1) is 23.7 Å². The molecule has 0 saturated heterocycles. The van der Waals surface area contributed by atoms with Crippen LogP contribution in [0.4, 0.5) is 17.1 Å². The molecule has 1 heterocycles. The maximum Gasteiger partial charge on any atom is 0.0540 e. The van der Waals surface area contributed by atoms with E-state index in [1.54, 1.807) is 11.1 Å². The first-order valence-corrected chi connectivity index (χ1v) is 25.6. The molecule has 16 rings (SSSR count). The number of hydrogen-bond acceptors (Lipinski definition) is 2. The predicted molar refractivity (Wildman–Crippen MR) is 283 cm³/mol. The average molecular weight is 878 g/mol. The highest BCUT2D eigenvalue weighted by atomic mass is 32.1. The van der Waals surface area contributed by atoms with Gasteiger partial charge in [-0.15, -0.1) is 11.3 Å². The van der Waals surface area contributed by atoms with Crippen LogP contribution in [0.25, 0.3) is 75.5 Å². The number of rotatable bonds is 5. The second-order valence-electron chi connectivity index (χ2n) is 21.2. The van der Waals surface area contributed by atoms with Gasteiger partial charge in [-0.1, -0.05) is 166 Å². The van der Waals surface area contributed by atoms with Crippen LogP contribution in [0.2, 0.25) is 0 Å². The summed E-state index contributed by atoms with van der Waals surface area (Å²) in [6.45, 7) is 4.82. The number of thiophene rings is 1. The zero-order valence-electron chi connectivity index (χ0n) is 38.1. The summed E-state index contributed by atoms with van der Waals surface area (Å²) in [5, 5.41) is 5.29. The Morgan fingerprint density at radius 1 is 0.448 bits per heavy atom. The highest BCUT2D eigenvalue weighted by Crippen LogP contribution is 2.70. The lowest BCUT2D eigenvalue weighted by Crippen LogP contribution is -2.55. The van der Waals surface area contributed by atoms with Crippen LogP contribution < -0.4 is 4.90 Å². The fourth-order valence-corrected chi connectivity index (χ4v) is 16.5. The van der Waals surface area contributed by atoms with Crippen molar-refractivity contribution in [1.82, 2.24) is 0 Å². The molecule has 1 aromatic heterocycles. The monoisotopic (exact) mass is 877 g/mol. The molecule has 67 heavy (non-hydrogen) atoms. The van der Waals surface area contributed by atoms with Gasteiger partial charge in [0.2, 0.25) is 0 Å². The van der Waals surface area contributed by atoms with Crippen molar-refractivity contribution in [2.45, 2.75) is 56.8 Å². The summed E-state index contributed by atoms with van der Waals surface area (Å²) in [5.41, 5.74) is 20.3. The van der Waals surface area contributed by atoms with E-state index in [-0.39, 0.29) is 10.8 Å². The number of hydrogen-bond donors (Lipinski definition) is 0. The second kappa shape index (κ2) is 13.9. The van der Waals surface area contributed by atoms with Crippen LogP contribution in [0.1, 0.15) is 68.2 Å². The van der Waals surface area contributed by atoms with Crippen LogP contribution >= 0.6 is 11.3 Å². The van der Waals surface area contributed by atoms with Crippen LogP contribution in [0.3, 0.4) is 0 Å². The Balaban J connectivity index is 0.971. The minimum Gasteiger partial charge on any atom is -0.310 e. The van der Waals surface area contributed by atoms with E-state index in [9.17, 15) is 0 Å². The van der Waals surface area contributed by atoms with Gasteiger partial charge >= 0.3 is 0 Å². The van der Waals surface area contributed by atoms with Crippen molar-refractivity contribution in [3.05, 3.63) is 210 Å². The number of para-hydroxylation sites is 1. The van der Waals surface area contributed by atoms with Crippen LogP contribution in [0.15, 0.2) is 188 Å². The summed E-state index contributed by atoms with van der Waals surface area (Å²) in [4.78, 5) is 2.62. The molecule has 4 fully saturated rings. The van der Waals surface area contributed by atoms with Crippen molar-refractivity contribution in [2.24, 2.45) is 23.7 Å². The fraction of sp³-hybridized carbons (Fsp3) is 0.200. The molecular weight excluding hydrogens is 827 g/mol. The number of anilines is 3. The lowest BCUT2D eigenvalue weighted by atomic mass is 9.43. The van der Waals surface area contributed by atoms with Gasteiger partial charge in [-0.05, 0) is 164 Å². The van der Waals surface area contributed by atoms with Gasteiger partial charge < -0.3 is 4.90 Å². The van der Waals surface area contributed by atoms with Gasteiger partial charge in [-0.25, -0.2) is 0 Å². The maximum absolute atomic E-state index is 2.67. The first-order valence-electron chi connectivity index (χ1n) is 24.8. The molecule has 0 radical (unpaired) electrons. The number of nitrogens with zero attached hydrogens (tertiary/aromatic N) is 1. The molecule has 0 N–H and O–H groups in total. The average Bonchev–Trinajstić information content (AvgIpc) is 3.97. The maximum atomic E-state index is 2.67. The van der Waals surface area contributed by atoms with E-state index in [0.717, 1.165) is 11.8 Å². The van der Waals surface area contributed by atoms with Crippen LogP contribution in [0.5, 0.6) is 0 Å². The smallest absolute Gasteiger partial charge is 0.0540 e. The molecule has 322 valence electrons. The molecule has 6 aliphatic carbocycles. The van der Waals surface area contributed by atoms with E-state index in [0.29, 0.717) is 11.8 Å². The molecule has 4 saturated carbocycles. The Hall–Kier alpha value is -6.74. The molecule has 0 unspecified atom stereocenters. The summed E-state index contributed by atoms with van der Waals surface area (Å²) in [6.07, 6.45) is 6.93. The van der Waals surface area contributed by atoms with E-state index in [2.05, 4.69) is 207 Å². The van der Waals surface area contributed by atoms with Crippen molar-refractivity contribution in [3.8, 4) is 44.5 Å². The van der Waals surface area contributed by atoms with Gasteiger partial charge in [0.1, 0.15) is 0 Å². The number of benzene rings is 9. The molecule has 1 nitrogen and oxygen atoms in total. The topological polar surface area (TPSA) is 3.24 Å². The standard InChI is InChI=1S/C65H51NS/c1-64(2)56-24-8-5-19-50(56)54-23-12-21-47(62(54)64)42-15-11-16-45(37-42)66(46-29-31-51-49-18-6-9-25-57(49)65(58(51)38-46)43-33-39-32-40(35-43)36-44(65)34-39)59-26-10-7-20-52(59)53-22-13-27-60-61(53)55-30-28-41-14-3-4-17-48(41)63(55)67-60/h3-31,37-40,43-44H,32-36H2,1-2H3. The molecule has 10 aromatic rings. The molecule has 2 heteroatoms. The Morgan fingerprint density at radius 2 is 1.07 bits per heavy atom. The lowest BCUT2D eigenvalue weighted by molar-refractivity contribution is -0.0399. The third-order valence-electron chi connectivity index (χ3n) is 17.6. The predicted octanol–water partition coefficient (Wildman–Crippen LogP) is 18.0. The van der Waals surface area contributed by atoms with Gasteiger partial charge in [0.05, 0.1) is 5.69 Å². The highest BCUT2D eigenvalue weighted by Gasteiger charge is 2.61. The van der Waals surface area contributed by atoms with E-state index >= 15 is 0 Å². The normalized spacial score (nSPS) is 22.4. The molecule has 4 bridgehead atoms. The van der Waals surface area contributed by atoms with E-state index in [1.807, 2.05) is 11.3 Å². The quantitative estimate of drug-likeness (QED) is 0.166. The van der Waals surface area contributed by atoms with E-state index in [4.69, 9.17) is 0 Å². The zero-order valence-corrected chi connectivity index (χ0v) is 38.9. The summed E-state index contributed by atoms with van der Waals surface area (Å²) in [5.74, 6) is 3.17. The minimum absolute atomic E-state index is 0.0670. The van der Waals surface area contributed by atoms with E-state index < -0.39 is 0 Å². The summed E-state index contributed by atoms with van der Waals surface area (Å²) in [6, 6.07) is 72.4. The largest absolute Gasteiger partial charge is 0.310 e. The van der Waals surface area contributed by atoms with Gasteiger partial charge in [0.25, 0.3) is 0 Å². The minimum atomic E-state index is -0.125. The van der Waals surface area contributed by atoms with Gasteiger partial charge in [-0.2, -0.15) is 0 Å². The van der Waals surface area contributed by atoms with Gasteiger partial charge in [0.15, 0.2) is 0 Å². The van der Waals surface area contributed by atoms with Crippen LogP contribution in [-0.4, -0.2) is 0 Å². The van der Waals surface area contributed by atoms with Crippen LogP contribution in [-0.2, 0) is 10.8 Å². The summed E-state index contributed by atoms with van der Waals surface area (Å²) in [7, 11) is 0. The third-order valence-corrected chi connectivity index (χ3v) is 18.8. The Morgan fingerprint density at radius 3 is 1.91 bits per heavy atom. The van der Waals surface area contributed by atoms with Crippen molar-refractivity contribution in [1.29, 1.82) is 0 Å². The zero-order chi connectivity index (χ0) is 44.2. The fourth-order valence-electron chi connectivity index (χ4n) is 15.3. The molecule has 9 aromatic carbocycles. The van der Waals surface area contributed by atoms with E-state index in [1.165, 1.54) is 136 Å². The van der Waals surface area contributed by atoms with Gasteiger partial charge in [0, 0.05) is 47.9 Å². The first kappa shape index (κ1) is 38.4. The molecule has 0 amide bonds. The summed E-state index contributed by atoms with van der Waals surface area (Å²) >= 11 is 1.93. The third kappa shape index (κ3) is 5.20. The molecule has 0 atom stereocenters. The first-order chi connectivity index (χ1) is 32.9. The second-order valence-corrected chi connectivity index (χ2v) is 22.2. The Labute approximate surface area is 397 Å². The van der Waals surface area contributed by atoms with Crippen molar-refractivity contribution in [3.63, 3.8) is 0 Å². The SMILES string of the molecule is CC1(C)c2ccccc2-c2cccc(-c3cccc(N(c4ccc5c(c4)C4(c6ccccc6-5)C5CC6CC(C5)CC4C6)c4ccccc4-c4cccc5sc6c7ccccc7ccc6c45)c3)c21.